The Morgan fingerprint density at radius 3 is 1.83 bits per heavy atom. The highest BCUT2D eigenvalue weighted by Crippen LogP contribution is 2.44. The Morgan fingerprint density at radius 1 is 0.356 bits per heavy atom. The van der Waals surface area contributed by atoms with Crippen molar-refractivity contribution in [1.29, 1.82) is 0 Å². The van der Waals surface area contributed by atoms with Crippen LogP contribution in [0.2, 0.25) is 0 Å². The fourth-order valence-corrected chi connectivity index (χ4v) is 9.17. The van der Waals surface area contributed by atoms with E-state index in [0.717, 1.165) is 88.1 Å². The molecule has 0 aliphatic rings. The van der Waals surface area contributed by atoms with Crippen molar-refractivity contribution in [2.24, 2.45) is 0 Å². The highest BCUT2D eigenvalue weighted by atomic mass is 16.3. The van der Waals surface area contributed by atoms with Crippen molar-refractivity contribution in [3.8, 4) is 39.9 Å². The number of hydrogen-bond donors (Lipinski definition) is 0. The molecule has 0 atom stereocenters. The molecule has 9 aromatic carbocycles. The Morgan fingerprint density at radius 2 is 0.966 bits per heavy atom. The molecule has 6 heteroatoms. The van der Waals surface area contributed by atoms with Crippen molar-refractivity contribution in [3.63, 3.8) is 0 Å². The largest absolute Gasteiger partial charge is 0.456 e. The lowest BCUT2D eigenvalue weighted by Gasteiger charge is -2.13. The Hall–Kier alpha value is -8.09. The summed E-state index contributed by atoms with van der Waals surface area (Å²) < 4.78 is 15.7. The van der Waals surface area contributed by atoms with Gasteiger partial charge in [0.2, 0.25) is 0 Å². The minimum Gasteiger partial charge on any atom is -0.456 e. The van der Waals surface area contributed by atoms with Gasteiger partial charge in [0.25, 0.3) is 0 Å². The minimum atomic E-state index is 0.530. The van der Waals surface area contributed by atoms with Crippen LogP contribution in [0.4, 0.5) is 0 Å². The number of rotatable bonds is 4. The van der Waals surface area contributed by atoms with Gasteiger partial charge in [-0.05, 0) is 53.2 Å². The Labute approximate surface area is 336 Å². The topological polar surface area (TPSA) is 69.9 Å². The third-order valence-electron chi connectivity index (χ3n) is 11.8. The molecule has 0 N–H and O–H groups in total. The molecule has 13 rings (SSSR count). The molecule has 6 nitrogen and oxygen atoms in total. The second kappa shape index (κ2) is 12.2. The molecule has 0 fully saturated rings. The standard InChI is InChI=1S/C53H30N4O2/c1-2-14-31(15-3-1)51-54-52(39-23-13-27-47-48(39)38-21-9-11-26-46(38)58-47)56-53(55-51)40-24-12-22-37-42-30-45(34-18-6-7-20-36(34)50(42)59-49(37)40)57-43-25-10-8-19-35(43)41-28-32-16-4-5-17-33(32)29-44(41)57/h1-30H. The molecule has 0 radical (unpaired) electrons. The monoisotopic (exact) mass is 754 g/mol. The van der Waals surface area contributed by atoms with E-state index >= 15 is 0 Å². The van der Waals surface area contributed by atoms with E-state index in [1.807, 2.05) is 66.7 Å². The van der Waals surface area contributed by atoms with Gasteiger partial charge >= 0.3 is 0 Å². The fourth-order valence-electron chi connectivity index (χ4n) is 9.17. The number of nitrogens with zero attached hydrogens (tertiary/aromatic N) is 4. The van der Waals surface area contributed by atoms with E-state index in [9.17, 15) is 0 Å². The zero-order valence-corrected chi connectivity index (χ0v) is 31.4. The van der Waals surface area contributed by atoms with Crippen molar-refractivity contribution in [2.75, 3.05) is 0 Å². The van der Waals surface area contributed by atoms with Gasteiger partial charge in [0, 0.05) is 54.2 Å². The van der Waals surface area contributed by atoms with Crippen LogP contribution >= 0.6 is 0 Å². The van der Waals surface area contributed by atoms with Crippen LogP contribution in [0, 0.1) is 0 Å². The molecule has 0 bridgehead atoms. The summed E-state index contributed by atoms with van der Waals surface area (Å²) in [7, 11) is 0. The smallest absolute Gasteiger partial charge is 0.167 e. The number of fused-ring (bicyclic) bond motifs is 12. The third kappa shape index (κ3) is 4.71. The van der Waals surface area contributed by atoms with Gasteiger partial charge in [0.1, 0.15) is 22.3 Å². The van der Waals surface area contributed by atoms with Gasteiger partial charge in [-0.2, -0.15) is 0 Å². The summed E-state index contributed by atoms with van der Waals surface area (Å²) in [4.78, 5) is 15.5. The molecule has 0 aliphatic carbocycles. The third-order valence-corrected chi connectivity index (χ3v) is 11.8. The Kier molecular flexibility index (Phi) is 6.63. The maximum Gasteiger partial charge on any atom is 0.167 e. The molecule has 0 spiro atoms. The van der Waals surface area contributed by atoms with Gasteiger partial charge in [0.15, 0.2) is 17.5 Å². The molecular formula is C53H30N4O2. The minimum absolute atomic E-state index is 0.530. The van der Waals surface area contributed by atoms with Crippen LogP contribution in [0.25, 0.3) is 127 Å². The van der Waals surface area contributed by atoms with E-state index < -0.39 is 0 Å². The maximum absolute atomic E-state index is 7.04. The first-order valence-electron chi connectivity index (χ1n) is 19.8. The van der Waals surface area contributed by atoms with E-state index in [-0.39, 0.29) is 0 Å². The highest BCUT2D eigenvalue weighted by molar-refractivity contribution is 6.21. The molecular weight excluding hydrogens is 725 g/mol. The van der Waals surface area contributed by atoms with Crippen molar-refractivity contribution in [2.45, 2.75) is 0 Å². The Balaban J connectivity index is 1.09. The molecule has 0 amide bonds. The SMILES string of the molecule is c1ccc(-c2nc(-c3cccc4c3oc3c5ccccc5c(-n5c6ccccc6c6cc7ccccc7cc65)cc43)nc(-c3cccc4oc5ccccc5c34)n2)cc1. The summed E-state index contributed by atoms with van der Waals surface area (Å²) in [5.41, 5.74) is 9.12. The zero-order chi connectivity index (χ0) is 38.6. The lowest BCUT2D eigenvalue weighted by atomic mass is 10.0. The zero-order valence-electron chi connectivity index (χ0n) is 31.4. The summed E-state index contributed by atoms with van der Waals surface area (Å²) >= 11 is 0. The number of para-hydroxylation sites is 3. The molecule has 0 unspecified atom stereocenters. The van der Waals surface area contributed by atoms with Crippen molar-refractivity contribution in [3.05, 3.63) is 182 Å². The van der Waals surface area contributed by atoms with E-state index in [1.165, 1.54) is 21.5 Å². The molecule has 4 heterocycles. The Bertz CT molecular complexity index is 3860. The predicted molar refractivity (Wildman–Crippen MR) is 240 cm³/mol. The van der Waals surface area contributed by atoms with E-state index in [0.29, 0.717) is 17.5 Å². The number of hydrogen-bond acceptors (Lipinski definition) is 5. The fraction of sp³-hybridized carbons (Fsp3) is 0. The average Bonchev–Trinajstić information content (AvgIpc) is 3.98. The van der Waals surface area contributed by atoms with Gasteiger partial charge in [-0.25, -0.2) is 15.0 Å². The first-order valence-corrected chi connectivity index (χ1v) is 19.8. The van der Waals surface area contributed by atoms with Crippen LogP contribution in [0.3, 0.4) is 0 Å². The van der Waals surface area contributed by atoms with Crippen molar-refractivity contribution in [1.82, 2.24) is 19.5 Å². The number of aromatic nitrogens is 4. The van der Waals surface area contributed by atoms with Crippen LogP contribution in [-0.4, -0.2) is 19.5 Å². The van der Waals surface area contributed by atoms with Crippen LogP contribution in [0.15, 0.2) is 191 Å². The predicted octanol–water partition coefficient (Wildman–Crippen LogP) is 14.1. The lowest BCUT2D eigenvalue weighted by molar-refractivity contribution is 0.669. The quantitative estimate of drug-likeness (QED) is 0.179. The molecule has 13 aromatic rings. The molecule has 59 heavy (non-hydrogen) atoms. The molecule has 274 valence electrons. The summed E-state index contributed by atoms with van der Waals surface area (Å²) in [5.74, 6) is 1.67. The summed E-state index contributed by atoms with van der Waals surface area (Å²) in [6, 6.07) is 63.3. The summed E-state index contributed by atoms with van der Waals surface area (Å²) in [6.07, 6.45) is 0. The first-order chi connectivity index (χ1) is 29.2. The van der Waals surface area contributed by atoms with E-state index in [2.05, 4.69) is 120 Å². The average molecular weight is 755 g/mol. The summed E-state index contributed by atoms with van der Waals surface area (Å²) in [6.45, 7) is 0. The van der Waals surface area contributed by atoms with Crippen LogP contribution in [-0.2, 0) is 0 Å². The van der Waals surface area contributed by atoms with Gasteiger partial charge in [-0.3, -0.25) is 0 Å². The molecule has 0 saturated carbocycles. The van der Waals surface area contributed by atoms with Gasteiger partial charge in [0.05, 0.1) is 22.3 Å². The van der Waals surface area contributed by atoms with Crippen LogP contribution in [0.1, 0.15) is 0 Å². The van der Waals surface area contributed by atoms with Crippen LogP contribution in [0.5, 0.6) is 0 Å². The van der Waals surface area contributed by atoms with Crippen molar-refractivity contribution < 1.29 is 8.83 Å². The molecule has 0 aliphatic heterocycles. The molecule has 4 aromatic heterocycles. The van der Waals surface area contributed by atoms with E-state index in [4.69, 9.17) is 23.8 Å². The van der Waals surface area contributed by atoms with Gasteiger partial charge in [-0.1, -0.05) is 140 Å². The molecule has 0 saturated heterocycles. The van der Waals surface area contributed by atoms with Gasteiger partial charge in [-0.15, -0.1) is 0 Å². The normalized spacial score (nSPS) is 12.1. The second-order valence-electron chi connectivity index (χ2n) is 15.1. The number of furan rings is 2. The summed E-state index contributed by atoms with van der Waals surface area (Å²) in [5, 5.41) is 11.0. The highest BCUT2D eigenvalue weighted by Gasteiger charge is 2.23. The van der Waals surface area contributed by atoms with Crippen LogP contribution < -0.4 is 0 Å². The van der Waals surface area contributed by atoms with Crippen molar-refractivity contribution >= 4 is 87.2 Å². The maximum atomic E-state index is 7.04. The lowest BCUT2D eigenvalue weighted by Crippen LogP contribution is -2.00. The number of benzene rings is 9. The van der Waals surface area contributed by atoms with Gasteiger partial charge < -0.3 is 13.4 Å². The first kappa shape index (κ1) is 32.0. The van der Waals surface area contributed by atoms with E-state index in [1.54, 1.807) is 0 Å². The second-order valence-corrected chi connectivity index (χ2v) is 15.1.